The molecule has 0 saturated heterocycles. The van der Waals surface area contributed by atoms with E-state index in [9.17, 15) is 14.4 Å². The average Bonchev–Trinajstić information content (AvgIpc) is 3.00. The van der Waals surface area contributed by atoms with E-state index in [1.54, 1.807) is 27.7 Å². The summed E-state index contributed by atoms with van der Waals surface area (Å²) in [5.41, 5.74) is 2.97. The molecule has 0 saturated carbocycles. The van der Waals surface area contributed by atoms with Crippen LogP contribution in [0.2, 0.25) is 0 Å². The summed E-state index contributed by atoms with van der Waals surface area (Å²) in [4.78, 5) is 43.4. The van der Waals surface area contributed by atoms with Gasteiger partial charge in [0.05, 0.1) is 22.7 Å². The molecule has 2 heterocycles. The zero-order chi connectivity index (χ0) is 22.2. The smallest absolute Gasteiger partial charge is 0.329 e. The van der Waals surface area contributed by atoms with Gasteiger partial charge in [-0.15, -0.1) is 11.3 Å². The number of rotatable bonds is 5. The Morgan fingerprint density at radius 2 is 1.87 bits per heavy atom. The number of esters is 1. The van der Waals surface area contributed by atoms with Crippen LogP contribution in [0.4, 0.5) is 5.69 Å². The monoisotopic (exact) mass is 427 g/mol. The van der Waals surface area contributed by atoms with Gasteiger partial charge in [-0.05, 0) is 58.7 Å². The van der Waals surface area contributed by atoms with Crippen LogP contribution in [0.3, 0.4) is 0 Å². The standard InChI is InChI=1S/C22H25N3O4S/c1-11(2)29-22(28)15(6)25-10-23-20-17(21(25)27)14(5)18(30-20)19(26)24-16-8-7-12(3)9-13(16)4/h7-11,15H,1-6H3,(H,24,26)/t15-/m1/s1. The SMILES string of the molecule is Cc1ccc(NC(=O)c2sc3ncn([C@H](C)C(=O)OC(C)C)c(=O)c3c2C)c(C)c1. The molecular formula is C22H25N3O4S. The van der Waals surface area contributed by atoms with Crippen molar-refractivity contribution >= 4 is 39.1 Å². The van der Waals surface area contributed by atoms with Crippen LogP contribution in [0.5, 0.6) is 0 Å². The fourth-order valence-corrected chi connectivity index (χ4v) is 4.24. The lowest BCUT2D eigenvalue weighted by Crippen LogP contribution is -2.30. The molecule has 0 fully saturated rings. The van der Waals surface area contributed by atoms with E-state index < -0.39 is 12.0 Å². The molecule has 0 spiro atoms. The van der Waals surface area contributed by atoms with Gasteiger partial charge in [0.1, 0.15) is 10.9 Å². The average molecular weight is 428 g/mol. The second kappa shape index (κ2) is 8.39. The van der Waals surface area contributed by atoms with Crippen molar-refractivity contribution in [3.8, 4) is 0 Å². The van der Waals surface area contributed by atoms with Gasteiger partial charge in [-0.2, -0.15) is 0 Å². The van der Waals surface area contributed by atoms with Gasteiger partial charge in [-0.1, -0.05) is 17.7 Å². The topological polar surface area (TPSA) is 90.3 Å². The normalized spacial score (nSPS) is 12.2. The van der Waals surface area contributed by atoms with Crippen molar-refractivity contribution in [1.29, 1.82) is 0 Å². The van der Waals surface area contributed by atoms with E-state index in [1.165, 1.54) is 10.9 Å². The first kappa shape index (κ1) is 21.7. The van der Waals surface area contributed by atoms with E-state index >= 15 is 0 Å². The van der Waals surface area contributed by atoms with E-state index in [2.05, 4.69) is 10.3 Å². The molecule has 1 aromatic carbocycles. The second-order valence-corrected chi connectivity index (χ2v) is 8.63. The molecule has 8 heteroatoms. The molecule has 3 aromatic rings. The lowest BCUT2D eigenvalue weighted by Gasteiger charge is -2.15. The molecular weight excluding hydrogens is 402 g/mol. The van der Waals surface area contributed by atoms with E-state index in [0.717, 1.165) is 28.2 Å². The number of nitrogens with zero attached hydrogens (tertiary/aromatic N) is 2. The zero-order valence-corrected chi connectivity index (χ0v) is 18.7. The third-order valence-electron chi connectivity index (χ3n) is 4.82. The molecule has 7 nitrogen and oxygen atoms in total. The first-order valence-corrected chi connectivity index (χ1v) is 10.5. The number of anilines is 1. The highest BCUT2D eigenvalue weighted by molar-refractivity contribution is 7.20. The van der Waals surface area contributed by atoms with Crippen molar-refractivity contribution in [3.05, 3.63) is 56.4 Å². The van der Waals surface area contributed by atoms with Gasteiger partial charge >= 0.3 is 5.97 Å². The lowest BCUT2D eigenvalue weighted by atomic mass is 10.1. The predicted molar refractivity (Wildman–Crippen MR) is 118 cm³/mol. The molecule has 0 unspecified atom stereocenters. The van der Waals surface area contributed by atoms with Crippen LogP contribution < -0.4 is 10.9 Å². The number of amides is 1. The predicted octanol–water partition coefficient (Wildman–Crippen LogP) is 4.15. The molecule has 0 aliphatic carbocycles. The lowest BCUT2D eigenvalue weighted by molar-refractivity contribution is -0.151. The molecule has 1 N–H and O–H groups in total. The van der Waals surface area contributed by atoms with Gasteiger partial charge in [-0.25, -0.2) is 9.78 Å². The van der Waals surface area contributed by atoms with Crippen molar-refractivity contribution in [2.45, 2.75) is 53.7 Å². The first-order valence-electron chi connectivity index (χ1n) is 9.69. The van der Waals surface area contributed by atoms with Gasteiger partial charge in [0.15, 0.2) is 0 Å². The number of thiophene rings is 1. The number of carbonyl (C=O) groups is 2. The number of hydrogen-bond acceptors (Lipinski definition) is 6. The Hall–Kier alpha value is -3.00. The van der Waals surface area contributed by atoms with E-state index in [1.807, 2.05) is 32.0 Å². The van der Waals surface area contributed by atoms with Crippen molar-refractivity contribution in [3.63, 3.8) is 0 Å². The summed E-state index contributed by atoms with van der Waals surface area (Å²) in [5, 5.41) is 3.26. The molecule has 3 rings (SSSR count). The van der Waals surface area contributed by atoms with Gasteiger partial charge in [-0.3, -0.25) is 14.2 Å². The van der Waals surface area contributed by atoms with Crippen molar-refractivity contribution in [2.75, 3.05) is 5.32 Å². The molecule has 0 bridgehead atoms. The Kier molecular flexibility index (Phi) is 6.07. The van der Waals surface area contributed by atoms with Crippen LogP contribution >= 0.6 is 11.3 Å². The summed E-state index contributed by atoms with van der Waals surface area (Å²) in [7, 11) is 0. The molecule has 0 aliphatic heterocycles. The van der Waals surface area contributed by atoms with Crippen LogP contribution in [0, 0.1) is 20.8 Å². The molecule has 2 aromatic heterocycles. The molecule has 1 amide bonds. The highest BCUT2D eigenvalue weighted by Crippen LogP contribution is 2.28. The molecule has 30 heavy (non-hydrogen) atoms. The molecule has 0 radical (unpaired) electrons. The fraction of sp³-hybridized carbons (Fsp3) is 0.364. The zero-order valence-electron chi connectivity index (χ0n) is 17.9. The Morgan fingerprint density at radius 1 is 1.17 bits per heavy atom. The maximum Gasteiger partial charge on any atom is 0.329 e. The summed E-state index contributed by atoms with van der Waals surface area (Å²) in [6.45, 7) is 10.7. The minimum Gasteiger partial charge on any atom is -0.461 e. The van der Waals surface area contributed by atoms with Crippen LogP contribution in [-0.2, 0) is 9.53 Å². The number of carbonyl (C=O) groups excluding carboxylic acids is 2. The number of aryl methyl sites for hydroxylation is 3. The molecule has 0 aliphatic rings. The number of aromatic nitrogens is 2. The van der Waals surface area contributed by atoms with Gasteiger partial charge in [0.2, 0.25) is 0 Å². The number of hydrogen-bond donors (Lipinski definition) is 1. The van der Waals surface area contributed by atoms with Crippen LogP contribution in [0.1, 0.15) is 53.2 Å². The summed E-state index contributed by atoms with van der Waals surface area (Å²) in [5.74, 6) is -0.797. The maximum absolute atomic E-state index is 13.1. The van der Waals surface area contributed by atoms with Gasteiger partial charge in [0, 0.05) is 5.69 Å². The third kappa shape index (κ3) is 4.14. The van der Waals surface area contributed by atoms with Crippen LogP contribution in [0.25, 0.3) is 10.2 Å². The summed E-state index contributed by atoms with van der Waals surface area (Å²) >= 11 is 1.16. The third-order valence-corrected chi connectivity index (χ3v) is 6.02. The molecule has 158 valence electrons. The van der Waals surface area contributed by atoms with Crippen LogP contribution in [-0.4, -0.2) is 27.5 Å². The van der Waals surface area contributed by atoms with Gasteiger partial charge in [0.25, 0.3) is 11.5 Å². The number of ether oxygens (including phenoxy) is 1. The highest BCUT2D eigenvalue weighted by atomic mass is 32.1. The highest BCUT2D eigenvalue weighted by Gasteiger charge is 2.24. The van der Waals surface area contributed by atoms with Gasteiger partial charge < -0.3 is 10.1 Å². The summed E-state index contributed by atoms with van der Waals surface area (Å²) < 4.78 is 6.45. The number of nitrogens with one attached hydrogen (secondary N) is 1. The summed E-state index contributed by atoms with van der Waals surface area (Å²) in [6.07, 6.45) is 1.05. The Labute approximate surface area is 178 Å². The van der Waals surface area contributed by atoms with Crippen molar-refractivity contribution < 1.29 is 14.3 Å². The summed E-state index contributed by atoms with van der Waals surface area (Å²) in [6, 6.07) is 4.96. The maximum atomic E-state index is 13.1. The largest absolute Gasteiger partial charge is 0.461 e. The van der Waals surface area contributed by atoms with Crippen molar-refractivity contribution in [2.24, 2.45) is 0 Å². The first-order chi connectivity index (χ1) is 14.1. The minimum absolute atomic E-state index is 0.282. The second-order valence-electron chi connectivity index (χ2n) is 7.63. The molecule has 1 atom stereocenters. The van der Waals surface area contributed by atoms with Crippen molar-refractivity contribution in [1.82, 2.24) is 9.55 Å². The van der Waals surface area contributed by atoms with E-state index in [0.29, 0.717) is 20.7 Å². The van der Waals surface area contributed by atoms with Crippen LogP contribution in [0.15, 0.2) is 29.3 Å². The Bertz CT molecular complexity index is 1190. The quantitative estimate of drug-likeness (QED) is 0.618. The number of benzene rings is 1. The minimum atomic E-state index is -0.816. The van der Waals surface area contributed by atoms with E-state index in [-0.39, 0.29) is 17.6 Å². The fourth-order valence-electron chi connectivity index (χ4n) is 3.21. The number of fused-ring (bicyclic) bond motifs is 1. The van der Waals surface area contributed by atoms with E-state index in [4.69, 9.17) is 4.74 Å². The Morgan fingerprint density at radius 3 is 2.50 bits per heavy atom. The Balaban J connectivity index is 1.98.